The highest BCUT2D eigenvalue weighted by atomic mass is 32.2. The predicted octanol–water partition coefficient (Wildman–Crippen LogP) is 8.55. The molecule has 0 aliphatic heterocycles. The Morgan fingerprint density at radius 2 is 1.24 bits per heavy atom. The van der Waals surface area contributed by atoms with E-state index >= 15 is 0 Å². The number of rotatable bonds is 4. The summed E-state index contributed by atoms with van der Waals surface area (Å²) in [7, 11) is 0. The average Bonchev–Trinajstić information content (AvgIpc) is 3.51. The number of benzene rings is 5. The molecule has 5 atom stereocenters. The van der Waals surface area contributed by atoms with Gasteiger partial charge in [0.1, 0.15) is 5.25 Å². The third-order valence-electron chi connectivity index (χ3n) is 9.93. The lowest BCUT2D eigenvalue weighted by Crippen LogP contribution is -2.40. The Kier molecular flexibility index (Phi) is 6.38. The van der Waals surface area contributed by atoms with E-state index in [1.165, 1.54) is 33.4 Å². The summed E-state index contributed by atoms with van der Waals surface area (Å²) in [5, 5.41) is 0.0981. The minimum atomic E-state index is -1.28. The van der Waals surface area contributed by atoms with Gasteiger partial charge < -0.3 is 9.11 Å². The highest BCUT2D eigenvalue weighted by molar-refractivity contribution is 7.92. The maximum absolute atomic E-state index is 14.0. The van der Waals surface area contributed by atoms with E-state index in [-0.39, 0.29) is 16.6 Å². The standard InChI is InChI=1S/C38H32O2S2/c1-25-15-17-27(18-16-25)42(40)29-20-22-33-32-21-19-28(41(39)26-9-3-2-4-10-26)23-36(32)38(37(33)24-29)34-13-7-5-11-30(34)31-12-6-8-14-35(31)38/h2-18,20,22,24,28,32,36H,19,21,23H2,1H3. The van der Waals surface area contributed by atoms with Crippen LogP contribution in [-0.2, 0) is 27.8 Å². The van der Waals surface area contributed by atoms with Gasteiger partial charge in [-0.05, 0) is 113 Å². The van der Waals surface area contributed by atoms with Gasteiger partial charge in [0, 0.05) is 17.6 Å². The minimum absolute atomic E-state index is 0.0981. The van der Waals surface area contributed by atoms with Crippen LogP contribution >= 0.6 is 0 Å². The van der Waals surface area contributed by atoms with Gasteiger partial charge in [-0.3, -0.25) is 0 Å². The highest BCUT2D eigenvalue weighted by Gasteiger charge is 2.60. The Hall–Kier alpha value is -3.28. The van der Waals surface area contributed by atoms with Crippen molar-refractivity contribution in [3.8, 4) is 11.1 Å². The van der Waals surface area contributed by atoms with E-state index in [1.54, 1.807) is 0 Å². The van der Waals surface area contributed by atoms with Crippen molar-refractivity contribution in [1.29, 1.82) is 0 Å². The van der Waals surface area contributed by atoms with Crippen LogP contribution in [0.1, 0.15) is 53.0 Å². The molecule has 0 saturated heterocycles. The van der Waals surface area contributed by atoms with Crippen LogP contribution in [0.15, 0.2) is 136 Å². The second kappa shape index (κ2) is 10.2. The molecule has 0 heterocycles. The summed E-state index contributed by atoms with van der Waals surface area (Å²) >= 11 is -2.34. The molecule has 5 unspecified atom stereocenters. The van der Waals surface area contributed by atoms with Crippen LogP contribution in [0.2, 0.25) is 0 Å². The maximum atomic E-state index is 14.0. The zero-order valence-electron chi connectivity index (χ0n) is 23.5. The van der Waals surface area contributed by atoms with Crippen molar-refractivity contribution in [3.63, 3.8) is 0 Å². The molecule has 5 aromatic carbocycles. The van der Waals surface area contributed by atoms with E-state index in [1.807, 2.05) is 54.6 Å². The monoisotopic (exact) mass is 584 g/mol. The van der Waals surface area contributed by atoms with Crippen molar-refractivity contribution in [1.82, 2.24) is 0 Å². The first kappa shape index (κ1) is 26.4. The Morgan fingerprint density at radius 3 is 1.93 bits per heavy atom. The van der Waals surface area contributed by atoms with Crippen LogP contribution in [0.25, 0.3) is 11.1 Å². The van der Waals surface area contributed by atoms with Crippen LogP contribution < -0.4 is 0 Å². The second-order valence-electron chi connectivity index (χ2n) is 12.0. The van der Waals surface area contributed by atoms with Crippen molar-refractivity contribution < 1.29 is 9.11 Å². The van der Waals surface area contributed by atoms with Gasteiger partial charge in [-0.25, -0.2) is 0 Å². The van der Waals surface area contributed by atoms with E-state index in [0.717, 1.165) is 39.5 Å². The summed E-state index contributed by atoms with van der Waals surface area (Å²) in [4.78, 5) is 2.60. The second-order valence-corrected chi connectivity index (χ2v) is 15.2. The molecule has 4 heteroatoms. The molecule has 1 spiro atoms. The molecule has 0 amide bonds. The molecule has 3 aliphatic carbocycles. The first-order chi connectivity index (χ1) is 20.6. The lowest BCUT2D eigenvalue weighted by molar-refractivity contribution is 0.266. The van der Waals surface area contributed by atoms with E-state index in [9.17, 15) is 9.11 Å². The van der Waals surface area contributed by atoms with Gasteiger partial charge in [0.25, 0.3) is 0 Å². The predicted molar refractivity (Wildman–Crippen MR) is 171 cm³/mol. The molecule has 3 aliphatic rings. The van der Waals surface area contributed by atoms with Gasteiger partial charge in [-0.1, -0.05) is 90.5 Å². The van der Waals surface area contributed by atoms with Gasteiger partial charge in [-0.2, -0.15) is 0 Å². The van der Waals surface area contributed by atoms with Gasteiger partial charge >= 0.3 is 0 Å². The van der Waals surface area contributed by atoms with Crippen LogP contribution in [0.4, 0.5) is 0 Å². The molecular weight excluding hydrogens is 553 g/mol. The third kappa shape index (κ3) is 3.82. The highest BCUT2D eigenvalue weighted by Crippen LogP contribution is 2.67. The van der Waals surface area contributed by atoms with Crippen molar-refractivity contribution in [2.75, 3.05) is 0 Å². The van der Waals surface area contributed by atoms with Crippen molar-refractivity contribution >= 4 is 22.4 Å². The Morgan fingerprint density at radius 1 is 0.619 bits per heavy atom. The lowest BCUT2D eigenvalue weighted by Gasteiger charge is -2.42. The van der Waals surface area contributed by atoms with E-state index in [2.05, 4.69) is 73.7 Å². The minimum Gasteiger partial charge on any atom is -0.611 e. The SMILES string of the molecule is Cc1ccc([S+]([O-])c2ccc3c(c2)C2(c4ccccc4-c4ccccc42)C2CC([S+]([O-])c4ccccc4)CCC32)cc1. The molecule has 2 nitrogen and oxygen atoms in total. The first-order valence-corrected chi connectivity index (χ1v) is 17.2. The summed E-state index contributed by atoms with van der Waals surface area (Å²) in [6.45, 7) is 2.06. The van der Waals surface area contributed by atoms with Gasteiger partial charge in [0.15, 0.2) is 14.7 Å². The zero-order chi connectivity index (χ0) is 28.4. The molecular formula is C38H32O2S2. The summed E-state index contributed by atoms with van der Waals surface area (Å²) in [5.74, 6) is 0.636. The summed E-state index contributed by atoms with van der Waals surface area (Å²) in [5.41, 5.74) is 8.72. The number of hydrogen-bond acceptors (Lipinski definition) is 2. The van der Waals surface area contributed by atoms with Crippen LogP contribution in [-0.4, -0.2) is 14.4 Å². The molecule has 208 valence electrons. The molecule has 8 rings (SSSR count). The third-order valence-corrected chi connectivity index (χ3v) is 13.1. The maximum Gasteiger partial charge on any atom is 0.158 e. The van der Waals surface area contributed by atoms with Gasteiger partial charge in [0.2, 0.25) is 0 Å². The number of hydrogen-bond donors (Lipinski definition) is 0. The first-order valence-electron chi connectivity index (χ1n) is 14.8. The molecule has 0 radical (unpaired) electrons. The van der Waals surface area contributed by atoms with Crippen LogP contribution in [0, 0.1) is 12.8 Å². The van der Waals surface area contributed by atoms with Crippen molar-refractivity contribution in [2.45, 2.75) is 57.5 Å². The fraction of sp³-hybridized carbons (Fsp3) is 0.211. The summed E-state index contributed by atoms with van der Waals surface area (Å²) in [6, 6.07) is 42.4. The molecule has 1 fully saturated rings. The van der Waals surface area contributed by atoms with Gasteiger partial charge in [0.05, 0.1) is 5.41 Å². The van der Waals surface area contributed by atoms with Crippen molar-refractivity contribution in [3.05, 3.63) is 149 Å². The zero-order valence-corrected chi connectivity index (χ0v) is 25.2. The van der Waals surface area contributed by atoms with Gasteiger partial charge in [-0.15, -0.1) is 0 Å². The molecule has 0 bridgehead atoms. The molecule has 1 saturated carbocycles. The summed E-state index contributed by atoms with van der Waals surface area (Å²) < 4.78 is 27.9. The van der Waals surface area contributed by atoms with Crippen LogP contribution in [0.3, 0.4) is 0 Å². The normalized spacial score (nSPS) is 22.6. The lowest BCUT2D eigenvalue weighted by atomic mass is 9.62. The average molecular weight is 585 g/mol. The molecule has 5 aromatic rings. The van der Waals surface area contributed by atoms with E-state index < -0.39 is 22.4 Å². The fourth-order valence-electron chi connectivity index (χ4n) is 8.20. The molecule has 42 heavy (non-hydrogen) atoms. The van der Waals surface area contributed by atoms with E-state index in [0.29, 0.717) is 5.92 Å². The molecule has 0 N–H and O–H groups in total. The fourth-order valence-corrected chi connectivity index (χ4v) is 10.8. The smallest absolute Gasteiger partial charge is 0.158 e. The van der Waals surface area contributed by atoms with E-state index in [4.69, 9.17) is 0 Å². The Labute approximate surface area is 254 Å². The Balaban J connectivity index is 1.32. The Bertz CT molecular complexity index is 1740. The quantitative estimate of drug-likeness (QED) is 0.199. The van der Waals surface area contributed by atoms with Crippen molar-refractivity contribution in [2.24, 2.45) is 5.92 Å². The molecule has 0 aromatic heterocycles. The van der Waals surface area contributed by atoms with Crippen LogP contribution in [0.5, 0.6) is 0 Å². The summed E-state index contributed by atoms with van der Waals surface area (Å²) in [6.07, 6.45) is 2.84. The number of fused-ring (bicyclic) bond motifs is 10. The number of aryl methyl sites for hydroxylation is 1. The largest absolute Gasteiger partial charge is 0.611 e. The topological polar surface area (TPSA) is 46.1 Å².